The average molecular weight is 240 g/mol. The summed E-state index contributed by atoms with van der Waals surface area (Å²) >= 11 is 0. The van der Waals surface area contributed by atoms with Crippen LogP contribution >= 0.6 is 0 Å². The van der Waals surface area contributed by atoms with Crippen LogP contribution in [0.25, 0.3) is 0 Å². The van der Waals surface area contributed by atoms with E-state index in [1.54, 1.807) is 0 Å². The van der Waals surface area contributed by atoms with Crippen LogP contribution in [0.3, 0.4) is 0 Å². The van der Waals surface area contributed by atoms with Crippen molar-refractivity contribution >= 4 is 11.9 Å². The van der Waals surface area contributed by atoms with E-state index in [4.69, 9.17) is 10.9 Å². The summed E-state index contributed by atoms with van der Waals surface area (Å²) in [5.41, 5.74) is 5.57. The number of hydrogen-bond donors (Lipinski definition) is 4. The van der Waals surface area contributed by atoms with E-state index in [0.29, 0.717) is 5.92 Å². The van der Waals surface area contributed by atoms with Gasteiger partial charge < -0.3 is 21.6 Å². The minimum absolute atomic E-state index is 0.0917. The Morgan fingerprint density at radius 3 is 2.47 bits per heavy atom. The maximum atomic E-state index is 11.7. The van der Waals surface area contributed by atoms with Crippen LogP contribution in [0.4, 0.5) is 4.79 Å². The van der Waals surface area contributed by atoms with E-state index >= 15 is 0 Å². The average Bonchev–Trinajstić information content (AvgIpc) is 3.04. The molecule has 2 aliphatic carbocycles. The Hall–Kier alpha value is -1.46. The lowest BCUT2D eigenvalue weighted by Crippen LogP contribution is -2.51. The Bertz CT molecular complexity index is 309. The van der Waals surface area contributed by atoms with E-state index in [0.717, 1.165) is 25.7 Å². The van der Waals surface area contributed by atoms with Gasteiger partial charge in [-0.3, -0.25) is 0 Å². The maximum Gasteiger partial charge on any atom is 0.315 e. The van der Waals surface area contributed by atoms with Gasteiger partial charge in [0.05, 0.1) is 6.04 Å². The van der Waals surface area contributed by atoms with Crippen molar-refractivity contribution in [2.45, 2.75) is 50.6 Å². The van der Waals surface area contributed by atoms with Crippen molar-refractivity contribution in [2.75, 3.05) is 0 Å². The van der Waals surface area contributed by atoms with Crippen LogP contribution in [-0.4, -0.2) is 29.2 Å². The van der Waals surface area contributed by atoms with E-state index in [1.165, 1.54) is 12.8 Å². The first-order valence-electron chi connectivity index (χ1n) is 6.25. The molecule has 2 rings (SSSR count). The van der Waals surface area contributed by atoms with E-state index in [1.807, 2.05) is 0 Å². The molecular formula is C11H20N4O2. The molecule has 17 heavy (non-hydrogen) atoms. The number of nitrogens with zero attached hydrogens (tertiary/aromatic N) is 1. The van der Waals surface area contributed by atoms with Crippen molar-refractivity contribution in [1.82, 2.24) is 10.6 Å². The summed E-state index contributed by atoms with van der Waals surface area (Å²) < 4.78 is 0. The zero-order valence-corrected chi connectivity index (χ0v) is 9.85. The Morgan fingerprint density at radius 1 is 1.29 bits per heavy atom. The van der Waals surface area contributed by atoms with Crippen molar-refractivity contribution in [3.05, 3.63) is 0 Å². The summed E-state index contributed by atoms with van der Waals surface area (Å²) in [7, 11) is 0. The highest BCUT2D eigenvalue weighted by Gasteiger charge is 2.35. The van der Waals surface area contributed by atoms with Crippen LogP contribution in [0, 0.1) is 5.92 Å². The predicted molar refractivity (Wildman–Crippen MR) is 63.8 cm³/mol. The van der Waals surface area contributed by atoms with Crippen LogP contribution in [0.2, 0.25) is 0 Å². The minimum Gasteiger partial charge on any atom is -0.409 e. The molecule has 0 heterocycles. The third-order valence-electron chi connectivity index (χ3n) is 3.50. The summed E-state index contributed by atoms with van der Waals surface area (Å²) in [4.78, 5) is 11.7. The fourth-order valence-electron chi connectivity index (χ4n) is 2.36. The molecule has 6 nitrogen and oxygen atoms in total. The Labute approximate surface area is 101 Å². The quantitative estimate of drug-likeness (QED) is 0.252. The fourth-order valence-corrected chi connectivity index (χ4v) is 2.36. The molecule has 1 atom stereocenters. The highest BCUT2D eigenvalue weighted by atomic mass is 16.4. The second-order valence-corrected chi connectivity index (χ2v) is 4.94. The molecule has 96 valence electrons. The Balaban J connectivity index is 1.82. The molecule has 0 aliphatic heterocycles. The molecule has 0 aromatic rings. The molecule has 2 saturated carbocycles. The highest BCUT2D eigenvalue weighted by Crippen LogP contribution is 2.32. The second kappa shape index (κ2) is 5.25. The zero-order chi connectivity index (χ0) is 12.3. The number of amidine groups is 1. The lowest BCUT2D eigenvalue weighted by Gasteiger charge is -2.19. The van der Waals surface area contributed by atoms with Crippen LogP contribution in [0.1, 0.15) is 38.5 Å². The van der Waals surface area contributed by atoms with E-state index in [-0.39, 0.29) is 24.0 Å². The first-order valence-corrected chi connectivity index (χ1v) is 6.25. The molecule has 0 spiro atoms. The second-order valence-electron chi connectivity index (χ2n) is 4.94. The SMILES string of the molecule is NC(=NO)C(NC(=O)NC1CCCC1)C1CC1. The number of nitrogens with one attached hydrogen (secondary N) is 2. The van der Waals surface area contributed by atoms with Crippen LogP contribution in [0.15, 0.2) is 5.16 Å². The Morgan fingerprint density at radius 2 is 1.94 bits per heavy atom. The molecule has 0 aromatic carbocycles. The van der Waals surface area contributed by atoms with Crippen LogP contribution < -0.4 is 16.4 Å². The number of oxime groups is 1. The Kier molecular flexibility index (Phi) is 3.71. The zero-order valence-electron chi connectivity index (χ0n) is 9.85. The van der Waals surface area contributed by atoms with Crippen molar-refractivity contribution in [3.8, 4) is 0 Å². The van der Waals surface area contributed by atoms with Gasteiger partial charge in [-0.25, -0.2) is 4.79 Å². The van der Waals surface area contributed by atoms with E-state index in [2.05, 4.69) is 15.8 Å². The molecule has 5 N–H and O–H groups in total. The lowest BCUT2D eigenvalue weighted by atomic mass is 10.1. The number of hydrogen-bond acceptors (Lipinski definition) is 3. The van der Waals surface area contributed by atoms with E-state index < -0.39 is 0 Å². The molecule has 2 amide bonds. The fraction of sp³-hybridized carbons (Fsp3) is 0.818. The summed E-state index contributed by atoms with van der Waals surface area (Å²) in [5.74, 6) is 0.411. The van der Waals surface area contributed by atoms with Gasteiger partial charge in [0.15, 0.2) is 5.84 Å². The first-order chi connectivity index (χ1) is 8.20. The normalized spacial score (nSPS) is 23.4. The first kappa shape index (κ1) is 12.0. The number of carbonyl (C=O) groups is 1. The van der Waals surface area contributed by atoms with Crippen molar-refractivity contribution in [3.63, 3.8) is 0 Å². The summed E-state index contributed by atoms with van der Waals surface area (Å²) in [5, 5.41) is 17.4. The van der Waals surface area contributed by atoms with Gasteiger partial charge in [-0.15, -0.1) is 0 Å². The van der Waals surface area contributed by atoms with Gasteiger partial charge in [-0.05, 0) is 31.6 Å². The molecule has 1 unspecified atom stereocenters. The van der Waals surface area contributed by atoms with Crippen molar-refractivity contribution in [1.29, 1.82) is 0 Å². The van der Waals surface area contributed by atoms with Gasteiger partial charge in [0.2, 0.25) is 0 Å². The van der Waals surface area contributed by atoms with Gasteiger partial charge in [-0.2, -0.15) is 0 Å². The minimum atomic E-state index is -0.332. The molecular weight excluding hydrogens is 220 g/mol. The van der Waals surface area contributed by atoms with Crippen LogP contribution in [0.5, 0.6) is 0 Å². The molecule has 6 heteroatoms. The van der Waals surface area contributed by atoms with Gasteiger partial charge in [0.1, 0.15) is 0 Å². The number of nitrogens with two attached hydrogens (primary N) is 1. The molecule has 0 aromatic heterocycles. The number of urea groups is 1. The lowest BCUT2D eigenvalue weighted by molar-refractivity contribution is 0.234. The van der Waals surface area contributed by atoms with Gasteiger partial charge >= 0.3 is 6.03 Å². The highest BCUT2D eigenvalue weighted by molar-refractivity contribution is 5.90. The summed E-state index contributed by atoms with van der Waals surface area (Å²) in [6, 6.07) is -0.260. The third kappa shape index (κ3) is 3.25. The van der Waals surface area contributed by atoms with E-state index in [9.17, 15) is 4.79 Å². The maximum absolute atomic E-state index is 11.7. The number of rotatable bonds is 4. The largest absolute Gasteiger partial charge is 0.409 e. The number of carbonyl (C=O) groups excluding carboxylic acids is 1. The molecule has 0 bridgehead atoms. The molecule has 0 radical (unpaired) electrons. The van der Waals surface area contributed by atoms with Gasteiger partial charge in [0, 0.05) is 6.04 Å². The van der Waals surface area contributed by atoms with Gasteiger partial charge in [-0.1, -0.05) is 18.0 Å². The van der Waals surface area contributed by atoms with Crippen LogP contribution in [-0.2, 0) is 0 Å². The predicted octanol–water partition coefficient (Wildman–Crippen LogP) is 0.753. The number of amides is 2. The van der Waals surface area contributed by atoms with Crippen molar-refractivity contribution in [2.24, 2.45) is 16.8 Å². The third-order valence-corrected chi connectivity index (χ3v) is 3.50. The molecule has 2 aliphatic rings. The monoisotopic (exact) mass is 240 g/mol. The summed E-state index contributed by atoms with van der Waals surface area (Å²) in [6.45, 7) is 0. The molecule has 0 saturated heterocycles. The smallest absolute Gasteiger partial charge is 0.315 e. The topological polar surface area (TPSA) is 99.7 Å². The molecule has 2 fully saturated rings. The standard InChI is InChI=1S/C11H20N4O2/c12-10(15-17)9(7-5-6-7)14-11(16)13-8-3-1-2-4-8/h7-9,17H,1-6H2,(H2,12,15)(H2,13,14,16). The van der Waals surface area contributed by atoms with Crippen molar-refractivity contribution < 1.29 is 10.0 Å². The van der Waals surface area contributed by atoms with Gasteiger partial charge in [0.25, 0.3) is 0 Å². The summed E-state index contributed by atoms with van der Waals surface area (Å²) in [6.07, 6.45) is 6.49.